The van der Waals surface area contributed by atoms with Crippen molar-refractivity contribution in [2.75, 3.05) is 20.6 Å². The first-order chi connectivity index (χ1) is 8.54. The van der Waals surface area contributed by atoms with Crippen LogP contribution in [0.2, 0.25) is 0 Å². The van der Waals surface area contributed by atoms with E-state index in [1.807, 2.05) is 49.3 Å². The van der Waals surface area contributed by atoms with Crippen LogP contribution in [0, 0.1) is 0 Å². The molecule has 0 radical (unpaired) electrons. The third-order valence-electron chi connectivity index (χ3n) is 3.27. The van der Waals surface area contributed by atoms with E-state index in [4.69, 9.17) is 5.73 Å². The Morgan fingerprint density at radius 3 is 2.44 bits per heavy atom. The van der Waals surface area contributed by atoms with Crippen LogP contribution in [0.15, 0.2) is 30.3 Å². The zero-order valence-corrected chi connectivity index (χ0v) is 11.0. The highest BCUT2D eigenvalue weighted by Crippen LogP contribution is 2.29. The first kappa shape index (κ1) is 13.1. The van der Waals surface area contributed by atoms with Crippen molar-refractivity contribution >= 4 is 5.91 Å². The van der Waals surface area contributed by atoms with E-state index in [1.165, 1.54) is 0 Å². The van der Waals surface area contributed by atoms with Gasteiger partial charge in [0.2, 0.25) is 5.91 Å². The molecule has 0 aromatic heterocycles. The Bertz CT molecular complexity index is 408. The third kappa shape index (κ3) is 2.71. The van der Waals surface area contributed by atoms with E-state index in [-0.39, 0.29) is 5.91 Å². The Morgan fingerprint density at radius 1 is 1.39 bits per heavy atom. The van der Waals surface area contributed by atoms with E-state index in [0.29, 0.717) is 12.6 Å². The van der Waals surface area contributed by atoms with Gasteiger partial charge in [0.05, 0.1) is 0 Å². The van der Waals surface area contributed by atoms with Crippen LogP contribution in [-0.2, 0) is 10.3 Å². The summed E-state index contributed by atoms with van der Waals surface area (Å²) in [5, 5.41) is 3.44. The summed E-state index contributed by atoms with van der Waals surface area (Å²) in [5.41, 5.74) is 5.86. The maximum absolute atomic E-state index is 12.1. The van der Waals surface area contributed by atoms with Crippen molar-refractivity contribution in [2.45, 2.75) is 24.4 Å². The molecule has 1 aliphatic carbocycles. The summed E-state index contributed by atoms with van der Waals surface area (Å²) in [4.78, 5) is 14.0. The van der Waals surface area contributed by atoms with Gasteiger partial charge in [0.25, 0.3) is 0 Å². The van der Waals surface area contributed by atoms with Crippen molar-refractivity contribution in [1.29, 1.82) is 0 Å². The number of hydrogen-bond donors (Lipinski definition) is 2. The summed E-state index contributed by atoms with van der Waals surface area (Å²) in [7, 11) is 3.91. The quantitative estimate of drug-likeness (QED) is 0.777. The van der Waals surface area contributed by atoms with Gasteiger partial charge in [-0.15, -0.1) is 0 Å². The number of benzene rings is 1. The van der Waals surface area contributed by atoms with Gasteiger partial charge in [-0.1, -0.05) is 30.3 Å². The number of rotatable bonds is 6. The number of nitrogens with zero attached hydrogens (tertiary/aromatic N) is 1. The Labute approximate surface area is 108 Å². The molecule has 1 aromatic rings. The van der Waals surface area contributed by atoms with Crippen LogP contribution in [0.4, 0.5) is 0 Å². The van der Waals surface area contributed by atoms with Crippen LogP contribution >= 0.6 is 0 Å². The second kappa shape index (κ2) is 5.08. The smallest absolute Gasteiger partial charge is 0.243 e. The molecule has 1 saturated carbocycles. The molecule has 98 valence electrons. The molecule has 1 unspecified atom stereocenters. The highest BCUT2D eigenvalue weighted by Gasteiger charge is 2.42. The number of primary amides is 1. The largest absolute Gasteiger partial charge is 0.368 e. The molecule has 3 N–H and O–H groups in total. The fourth-order valence-corrected chi connectivity index (χ4v) is 2.28. The predicted octanol–water partition coefficient (Wildman–Crippen LogP) is 0.681. The third-order valence-corrected chi connectivity index (χ3v) is 3.27. The van der Waals surface area contributed by atoms with Gasteiger partial charge in [0.1, 0.15) is 5.54 Å². The van der Waals surface area contributed by atoms with Gasteiger partial charge in [-0.05, 0) is 32.5 Å². The van der Waals surface area contributed by atoms with Crippen molar-refractivity contribution in [3.8, 4) is 0 Å². The fourth-order valence-electron chi connectivity index (χ4n) is 2.28. The maximum atomic E-state index is 12.1. The topological polar surface area (TPSA) is 58.4 Å². The van der Waals surface area contributed by atoms with E-state index in [2.05, 4.69) is 5.32 Å². The van der Waals surface area contributed by atoms with Crippen LogP contribution < -0.4 is 11.1 Å². The maximum Gasteiger partial charge on any atom is 0.243 e. The molecule has 4 nitrogen and oxygen atoms in total. The zero-order chi connectivity index (χ0) is 13.2. The number of likely N-dealkylation sites (N-methyl/N-ethyl adjacent to an activating group) is 1. The van der Waals surface area contributed by atoms with Crippen molar-refractivity contribution < 1.29 is 4.79 Å². The molecule has 0 spiro atoms. The first-order valence-electron chi connectivity index (χ1n) is 6.32. The predicted molar refractivity (Wildman–Crippen MR) is 72.0 cm³/mol. The monoisotopic (exact) mass is 247 g/mol. The molecule has 1 amide bonds. The van der Waals surface area contributed by atoms with Gasteiger partial charge in [-0.25, -0.2) is 0 Å². The second-order valence-electron chi connectivity index (χ2n) is 5.29. The lowest BCUT2D eigenvalue weighted by Crippen LogP contribution is -2.58. The van der Waals surface area contributed by atoms with Gasteiger partial charge >= 0.3 is 0 Å². The number of amides is 1. The molecular formula is C14H21N3O. The van der Waals surface area contributed by atoms with E-state index in [1.54, 1.807) is 0 Å². The van der Waals surface area contributed by atoms with Crippen molar-refractivity contribution in [3.05, 3.63) is 35.9 Å². The molecule has 0 saturated heterocycles. The minimum atomic E-state index is -0.786. The van der Waals surface area contributed by atoms with Crippen LogP contribution in [0.3, 0.4) is 0 Å². The Hall–Kier alpha value is -1.39. The molecule has 0 bridgehead atoms. The molecule has 1 fully saturated rings. The van der Waals surface area contributed by atoms with Gasteiger partial charge in [-0.3, -0.25) is 10.1 Å². The Morgan fingerprint density at radius 2 is 2.00 bits per heavy atom. The van der Waals surface area contributed by atoms with E-state index in [9.17, 15) is 4.79 Å². The average molecular weight is 247 g/mol. The van der Waals surface area contributed by atoms with Crippen LogP contribution in [0.5, 0.6) is 0 Å². The van der Waals surface area contributed by atoms with Crippen molar-refractivity contribution in [1.82, 2.24) is 10.2 Å². The molecule has 0 aliphatic heterocycles. The zero-order valence-electron chi connectivity index (χ0n) is 11.0. The van der Waals surface area contributed by atoms with Crippen molar-refractivity contribution in [2.24, 2.45) is 5.73 Å². The minimum absolute atomic E-state index is 0.311. The molecule has 1 aliphatic rings. The van der Waals surface area contributed by atoms with Gasteiger partial charge < -0.3 is 10.6 Å². The summed E-state index contributed by atoms with van der Waals surface area (Å²) in [6.07, 6.45) is 2.24. The number of nitrogens with two attached hydrogens (primary N) is 1. The normalized spacial score (nSPS) is 18.6. The Balaban J connectivity index is 2.37. The average Bonchev–Trinajstić information content (AvgIpc) is 3.12. The summed E-state index contributed by atoms with van der Waals surface area (Å²) >= 11 is 0. The highest BCUT2D eigenvalue weighted by molar-refractivity contribution is 5.86. The molecule has 2 rings (SSSR count). The molecule has 1 atom stereocenters. The summed E-state index contributed by atoms with van der Waals surface area (Å²) in [6, 6.07) is 10.2. The number of carbonyl (C=O) groups excluding carboxylic acids is 1. The summed E-state index contributed by atoms with van der Waals surface area (Å²) < 4.78 is 0. The standard InChI is InChI=1S/C14H21N3O/c1-17(2)10-14(13(15)18,16-12-8-9-12)11-6-4-3-5-7-11/h3-7,12,16H,8-10H2,1-2H3,(H2,15,18). The molecule has 18 heavy (non-hydrogen) atoms. The van der Waals surface area contributed by atoms with E-state index >= 15 is 0 Å². The lowest BCUT2D eigenvalue weighted by molar-refractivity contribution is -0.125. The fraction of sp³-hybridized carbons (Fsp3) is 0.500. The molecular weight excluding hydrogens is 226 g/mol. The van der Waals surface area contributed by atoms with Crippen molar-refractivity contribution in [3.63, 3.8) is 0 Å². The Kier molecular flexibility index (Phi) is 3.68. The van der Waals surface area contributed by atoms with Gasteiger partial charge in [0.15, 0.2) is 0 Å². The minimum Gasteiger partial charge on any atom is -0.368 e. The summed E-state index contributed by atoms with van der Waals surface area (Å²) in [6.45, 7) is 0.572. The van der Waals surface area contributed by atoms with Crippen LogP contribution in [0.1, 0.15) is 18.4 Å². The molecule has 0 heterocycles. The molecule has 1 aromatic carbocycles. The molecule has 4 heteroatoms. The number of carbonyl (C=O) groups is 1. The number of hydrogen-bond acceptors (Lipinski definition) is 3. The van der Waals surface area contributed by atoms with Crippen LogP contribution in [0.25, 0.3) is 0 Å². The highest BCUT2D eigenvalue weighted by atomic mass is 16.1. The van der Waals surface area contributed by atoms with Gasteiger partial charge in [-0.2, -0.15) is 0 Å². The SMILES string of the molecule is CN(C)CC(NC1CC1)(C(N)=O)c1ccccc1. The van der Waals surface area contributed by atoms with Crippen LogP contribution in [-0.4, -0.2) is 37.5 Å². The second-order valence-corrected chi connectivity index (χ2v) is 5.29. The van der Waals surface area contributed by atoms with Gasteiger partial charge in [0, 0.05) is 12.6 Å². The number of nitrogens with one attached hydrogen (secondary N) is 1. The van der Waals surface area contributed by atoms with E-state index in [0.717, 1.165) is 18.4 Å². The lowest BCUT2D eigenvalue weighted by Gasteiger charge is -2.35. The summed E-state index contributed by atoms with van der Waals surface area (Å²) in [5.74, 6) is -0.311. The first-order valence-corrected chi connectivity index (χ1v) is 6.32. The van der Waals surface area contributed by atoms with E-state index < -0.39 is 5.54 Å². The lowest BCUT2D eigenvalue weighted by atomic mass is 9.88.